The number of halogens is 3. The molecule has 7 nitrogen and oxygen atoms in total. The molecule has 1 aliphatic rings. The summed E-state index contributed by atoms with van der Waals surface area (Å²) in [6.45, 7) is 3.25. The number of nitrogens with one attached hydrogen (secondary N) is 1. The molecule has 2 atom stereocenters. The van der Waals surface area contributed by atoms with Crippen LogP contribution in [0.15, 0.2) is 60.9 Å². The van der Waals surface area contributed by atoms with Crippen LogP contribution in [0.1, 0.15) is 30.5 Å². The van der Waals surface area contributed by atoms with Crippen LogP contribution in [0.25, 0.3) is 0 Å². The van der Waals surface area contributed by atoms with Crippen molar-refractivity contribution in [1.29, 1.82) is 0 Å². The average Bonchev–Trinajstić information content (AvgIpc) is 2.83. The van der Waals surface area contributed by atoms with Gasteiger partial charge in [-0.05, 0) is 48.9 Å². The molecule has 1 aromatic carbocycles. The third-order valence-corrected chi connectivity index (χ3v) is 6.15. The number of likely N-dealkylation sites (tertiary alicyclic amines) is 1. The third-order valence-electron chi connectivity index (χ3n) is 6.15. The summed E-state index contributed by atoms with van der Waals surface area (Å²) in [7, 11) is 0. The van der Waals surface area contributed by atoms with Crippen LogP contribution < -0.4 is 14.8 Å². The number of hydrogen-bond acceptors (Lipinski definition) is 5. The highest BCUT2D eigenvalue weighted by molar-refractivity contribution is 5.93. The fourth-order valence-corrected chi connectivity index (χ4v) is 4.02. The maximum Gasteiger partial charge on any atom is 0.257 e. The van der Waals surface area contributed by atoms with E-state index in [1.165, 1.54) is 48.8 Å². The molecule has 1 fully saturated rings. The Morgan fingerprint density at radius 3 is 2.60 bits per heavy atom. The van der Waals surface area contributed by atoms with Crippen molar-refractivity contribution in [3.8, 4) is 11.5 Å². The fraction of sp³-hybridized carbons (Fsp3) is 0.320. The van der Waals surface area contributed by atoms with E-state index >= 15 is 0 Å². The summed E-state index contributed by atoms with van der Waals surface area (Å²) in [6, 6.07) is 10.9. The molecule has 35 heavy (non-hydrogen) atoms. The van der Waals surface area contributed by atoms with E-state index in [9.17, 15) is 23.2 Å². The lowest BCUT2D eigenvalue weighted by Crippen LogP contribution is -2.52. The molecule has 1 N–H and O–H groups in total. The summed E-state index contributed by atoms with van der Waals surface area (Å²) < 4.78 is 48.7. The lowest BCUT2D eigenvalue weighted by molar-refractivity contribution is -0.612. The molecule has 2 aromatic heterocycles. The van der Waals surface area contributed by atoms with Crippen molar-refractivity contribution in [2.24, 2.45) is 0 Å². The van der Waals surface area contributed by atoms with Crippen molar-refractivity contribution in [3.63, 3.8) is 0 Å². The summed E-state index contributed by atoms with van der Waals surface area (Å²) in [4.78, 5) is 18.7. The van der Waals surface area contributed by atoms with E-state index < -0.39 is 24.3 Å². The van der Waals surface area contributed by atoms with Crippen LogP contribution in [0.3, 0.4) is 0 Å². The Bertz CT molecular complexity index is 1190. The summed E-state index contributed by atoms with van der Waals surface area (Å²) in [6.07, 6.45) is 2.25. The van der Waals surface area contributed by atoms with Crippen LogP contribution in [0, 0.1) is 17.9 Å². The van der Waals surface area contributed by atoms with E-state index in [4.69, 9.17) is 4.74 Å². The van der Waals surface area contributed by atoms with E-state index in [0.29, 0.717) is 27.5 Å². The Kier molecular flexibility index (Phi) is 6.93. The molecule has 10 heteroatoms. The Hall–Kier alpha value is -3.66. The molecule has 1 saturated heterocycles. The van der Waals surface area contributed by atoms with Gasteiger partial charge in [0.15, 0.2) is 11.9 Å². The molecule has 0 aliphatic carbocycles. The first-order valence-corrected chi connectivity index (χ1v) is 11.1. The molecule has 1 amide bonds. The highest BCUT2D eigenvalue weighted by atomic mass is 19.3. The second kappa shape index (κ2) is 9.91. The molecule has 4 rings (SSSR count). The molecule has 0 bridgehead atoms. The second-order valence-corrected chi connectivity index (χ2v) is 8.59. The predicted octanol–water partition coefficient (Wildman–Crippen LogP) is 4.41. The minimum absolute atomic E-state index is 0.0260. The van der Waals surface area contributed by atoms with Crippen molar-refractivity contribution in [2.45, 2.75) is 38.2 Å². The quantitative estimate of drug-likeness (QED) is 0.413. The van der Waals surface area contributed by atoms with Crippen LogP contribution in [0.4, 0.5) is 19.0 Å². The number of piperidine rings is 1. The zero-order chi connectivity index (χ0) is 25.2. The molecule has 3 heterocycles. The maximum absolute atomic E-state index is 14.7. The number of nitrogens with zero attached hydrogens (tertiary/aromatic N) is 3. The van der Waals surface area contributed by atoms with Crippen LogP contribution in [0.5, 0.6) is 11.5 Å². The molecule has 1 aliphatic heterocycles. The summed E-state index contributed by atoms with van der Waals surface area (Å²) in [5.41, 5.74) is 0.703. The highest BCUT2D eigenvalue weighted by Crippen LogP contribution is 2.40. The first-order valence-electron chi connectivity index (χ1n) is 11.1. The van der Waals surface area contributed by atoms with Crippen LogP contribution >= 0.6 is 0 Å². The monoisotopic (exact) mass is 486 g/mol. The van der Waals surface area contributed by atoms with E-state index in [1.54, 1.807) is 30.9 Å². The van der Waals surface area contributed by atoms with Gasteiger partial charge in [-0.3, -0.25) is 9.69 Å². The van der Waals surface area contributed by atoms with Crippen molar-refractivity contribution >= 4 is 11.7 Å². The third kappa shape index (κ3) is 5.71. The molecular weight excluding hydrogens is 461 g/mol. The first-order chi connectivity index (χ1) is 16.6. The number of carbonyl (C=O) groups is 1. The van der Waals surface area contributed by atoms with Crippen LogP contribution in [-0.4, -0.2) is 40.8 Å². The summed E-state index contributed by atoms with van der Waals surface area (Å²) in [5.74, 6) is -3.71. The Balaban J connectivity index is 1.39. The second-order valence-electron chi connectivity index (χ2n) is 8.59. The normalized spacial score (nSPS) is 18.6. The first kappa shape index (κ1) is 24.5. The number of amides is 1. The lowest BCUT2D eigenvalue weighted by Gasteiger charge is -2.40. The fourth-order valence-electron chi connectivity index (χ4n) is 4.02. The van der Waals surface area contributed by atoms with E-state index in [1.807, 2.05) is 0 Å². The van der Waals surface area contributed by atoms with Crippen LogP contribution in [0.2, 0.25) is 0 Å². The minimum Gasteiger partial charge on any atom is -0.619 e. The van der Waals surface area contributed by atoms with Gasteiger partial charge in [-0.15, -0.1) is 0 Å². The van der Waals surface area contributed by atoms with Gasteiger partial charge in [-0.1, -0.05) is 0 Å². The van der Waals surface area contributed by atoms with Crippen molar-refractivity contribution in [1.82, 2.24) is 9.88 Å². The molecule has 0 saturated carbocycles. The van der Waals surface area contributed by atoms with Gasteiger partial charge in [-0.2, -0.15) is 4.73 Å². The largest absolute Gasteiger partial charge is 0.619 e. The maximum atomic E-state index is 14.7. The smallest absolute Gasteiger partial charge is 0.257 e. The number of alkyl halides is 2. The van der Waals surface area contributed by atoms with Crippen molar-refractivity contribution in [3.05, 3.63) is 83.2 Å². The van der Waals surface area contributed by atoms with E-state index in [-0.39, 0.29) is 30.6 Å². The van der Waals surface area contributed by atoms with Gasteiger partial charge in [-0.25, -0.2) is 18.2 Å². The number of anilines is 1. The molecular formula is C25H25F3N4O3. The van der Waals surface area contributed by atoms with Gasteiger partial charge in [0, 0.05) is 38.6 Å². The van der Waals surface area contributed by atoms with Gasteiger partial charge < -0.3 is 15.3 Å². The van der Waals surface area contributed by atoms with Gasteiger partial charge in [0.2, 0.25) is 5.91 Å². The molecule has 0 radical (unpaired) electrons. The van der Waals surface area contributed by atoms with Crippen molar-refractivity contribution in [2.75, 3.05) is 18.4 Å². The minimum atomic E-state index is -2.95. The molecule has 2 unspecified atom stereocenters. The number of ether oxygens (including phenoxy) is 1. The topological polar surface area (TPSA) is 81.4 Å². The Morgan fingerprint density at radius 2 is 1.94 bits per heavy atom. The SMILES string of the molecule is Cc1cc(C2CN(C(C)C(=O)Nc3ccc(Oc4ccc(F)cc4)cn3)CCC2(F)F)cc[n+]1[O-]. The van der Waals surface area contributed by atoms with E-state index in [2.05, 4.69) is 10.3 Å². The van der Waals surface area contributed by atoms with Gasteiger partial charge in [0.05, 0.1) is 18.2 Å². The number of rotatable bonds is 6. The Morgan fingerprint density at radius 1 is 1.23 bits per heavy atom. The van der Waals surface area contributed by atoms with Gasteiger partial charge in [0.1, 0.15) is 23.1 Å². The lowest BCUT2D eigenvalue weighted by atomic mass is 9.86. The zero-order valence-electron chi connectivity index (χ0n) is 19.2. The number of benzene rings is 1. The predicted molar refractivity (Wildman–Crippen MR) is 123 cm³/mol. The number of aryl methyl sites for hydroxylation is 1. The number of pyridine rings is 2. The molecule has 184 valence electrons. The van der Waals surface area contributed by atoms with E-state index in [0.717, 1.165) is 0 Å². The standard InChI is InChI=1S/C25H25F3N4O3/c1-16-13-18(9-11-32(16)34)22-15-31(12-10-25(22,27)28)17(2)24(33)30-23-8-7-21(14-29-23)35-20-5-3-19(26)4-6-20/h3-9,11,13-14,17,22H,10,12,15H2,1-2H3,(H,29,30,33). The van der Waals surface area contributed by atoms with Crippen LogP contribution in [-0.2, 0) is 4.79 Å². The zero-order valence-corrected chi connectivity index (χ0v) is 19.2. The number of carbonyl (C=O) groups excluding carboxylic acids is 1. The number of hydrogen-bond donors (Lipinski definition) is 1. The van der Waals surface area contributed by atoms with Crippen molar-refractivity contribution < 1.29 is 27.4 Å². The molecule has 3 aromatic rings. The highest BCUT2D eigenvalue weighted by Gasteiger charge is 2.46. The van der Waals surface area contributed by atoms with Gasteiger partial charge in [0.25, 0.3) is 5.92 Å². The summed E-state index contributed by atoms with van der Waals surface area (Å²) in [5, 5.41) is 14.3. The average molecular weight is 486 g/mol. The number of aromatic nitrogens is 2. The van der Waals surface area contributed by atoms with Gasteiger partial charge >= 0.3 is 0 Å². The Labute approximate surface area is 200 Å². The summed E-state index contributed by atoms with van der Waals surface area (Å²) >= 11 is 0. The molecule has 0 spiro atoms.